The van der Waals surface area contributed by atoms with Crippen molar-refractivity contribution in [2.45, 2.75) is 12.5 Å². The van der Waals surface area contributed by atoms with Crippen LogP contribution in [0.2, 0.25) is 0 Å². The normalized spacial score (nSPS) is 12.2. The molecule has 0 aliphatic heterocycles. The van der Waals surface area contributed by atoms with Crippen molar-refractivity contribution in [1.29, 1.82) is 0 Å². The van der Waals surface area contributed by atoms with Gasteiger partial charge in [-0.3, -0.25) is 0 Å². The third-order valence-electron chi connectivity index (χ3n) is 2.97. The minimum atomic E-state index is -0.752. The van der Waals surface area contributed by atoms with Crippen LogP contribution in [0.5, 0.6) is 5.75 Å². The summed E-state index contributed by atoms with van der Waals surface area (Å²) in [5.74, 6) is 0.357. The highest BCUT2D eigenvalue weighted by Crippen LogP contribution is 2.28. The van der Waals surface area contributed by atoms with Crippen LogP contribution < -0.4 is 4.74 Å². The highest BCUT2D eigenvalue weighted by Gasteiger charge is 2.12. The fourth-order valence-electron chi connectivity index (χ4n) is 1.90. The summed E-state index contributed by atoms with van der Waals surface area (Å²) in [5, 5.41) is 10.2. The molecule has 2 nitrogen and oxygen atoms in total. The van der Waals surface area contributed by atoms with E-state index in [4.69, 9.17) is 4.74 Å². The van der Waals surface area contributed by atoms with E-state index in [1.165, 1.54) is 6.07 Å². The zero-order chi connectivity index (χ0) is 14.7. The molecule has 1 atom stereocenters. The Labute approximate surface area is 133 Å². The van der Waals surface area contributed by atoms with Gasteiger partial charge in [0.25, 0.3) is 0 Å². The first-order chi connectivity index (χ1) is 9.51. The Morgan fingerprint density at radius 3 is 2.50 bits per heavy atom. The molecule has 0 radical (unpaired) electrons. The van der Waals surface area contributed by atoms with Gasteiger partial charge in [0.2, 0.25) is 0 Å². The van der Waals surface area contributed by atoms with Crippen molar-refractivity contribution in [1.82, 2.24) is 0 Å². The molecule has 2 aromatic carbocycles. The van der Waals surface area contributed by atoms with Crippen LogP contribution in [-0.2, 0) is 6.42 Å². The first kappa shape index (κ1) is 15.5. The van der Waals surface area contributed by atoms with E-state index in [1.54, 1.807) is 19.2 Å². The lowest BCUT2D eigenvalue weighted by Gasteiger charge is -2.13. The number of benzene rings is 2. The molecule has 0 saturated heterocycles. The van der Waals surface area contributed by atoms with Gasteiger partial charge < -0.3 is 9.84 Å². The fourth-order valence-corrected chi connectivity index (χ4v) is 2.73. The number of hydrogen-bond donors (Lipinski definition) is 1. The quantitative estimate of drug-likeness (QED) is 0.805. The van der Waals surface area contributed by atoms with Gasteiger partial charge in [-0.05, 0) is 67.3 Å². The summed E-state index contributed by atoms with van der Waals surface area (Å²) < 4.78 is 19.8. The van der Waals surface area contributed by atoms with Gasteiger partial charge in [-0.2, -0.15) is 0 Å². The SMILES string of the molecule is COc1ccc(CC(O)c2ccc(Br)c(F)c2)cc1Br. The highest BCUT2D eigenvalue weighted by molar-refractivity contribution is 9.10. The number of ether oxygens (including phenoxy) is 1. The summed E-state index contributed by atoms with van der Waals surface area (Å²) in [6.45, 7) is 0. The van der Waals surface area contributed by atoms with Gasteiger partial charge in [-0.15, -0.1) is 0 Å². The van der Waals surface area contributed by atoms with Crippen LogP contribution in [0.1, 0.15) is 17.2 Å². The zero-order valence-electron chi connectivity index (χ0n) is 10.7. The van der Waals surface area contributed by atoms with E-state index >= 15 is 0 Å². The molecule has 0 aliphatic rings. The lowest BCUT2D eigenvalue weighted by molar-refractivity contribution is 0.178. The number of hydrogen-bond acceptors (Lipinski definition) is 2. The van der Waals surface area contributed by atoms with E-state index in [2.05, 4.69) is 31.9 Å². The average Bonchev–Trinajstić information content (AvgIpc) is 2.42. The Balaban J connectivity index is 2.16. The third-order valence-corrected chi connectivity index (χ3v) is 4.24. The molecule has 0 fully saturated rings. The van der Waals surface area contributed by atoms with Gasteiger partial charge in [0.15, 0.2) is 0 Å². The van der Waals surface area contributed by atoms with Crippen LogP contribution >= 0.6 is 31.9 Å². The molecule has 1 N–H and O–H groups in total. The van der Waals surface area contributed by atoms with Gasteiger partial charge in [0.1, 0.15) is 11.6 Å². The molecule has 0 saturated carbocycles. The van der Waals surface area contributed by atoms with Crippen LogP contribution in [-0.4, -0.2) is 12.2 Å². The summed E-state index contributed by atoms with van der Waals surface area (Å²) in [6, 6.07) is 10.2. The topological polar surface area (TPSA) is 29.5 Å². The predicted molar refractivity (Wildman–Crippen MR) is 83.5 cm³/mol. The standard InChI is InChI=1S/C15H13Br2FO2/c1-20-15-5-2-9(6-12(15)17)7-14(19)10-3-4-11(16)13(18)8-10/h2-6,8,14,19H,7H2,1H3. The second-order valence-corrected chi connectivity index (χ2v) is 6.07. The Hall–Kier alpha value is -0.910. The lowest BCUT2D eigenvalue weighted by atomic mass is 10.0. The second kappa shape index (κ2) is 6.70. The Morgan fingerprint density at radius 2 is 1.90 bits per heavy atom. The minimum absolute atomic E-state index is 0.377. The van der Waals surface area contributed by atoms with Gasteiger partial charge in [-0.25, -0.2) is 4.39 Å². The molecule has 0 heterocycles. The molecule has 1 unspecified atom stereocenters. The van der Waals surface area contributed by atoms with Crippen molar-refractivity contribution in [2.75, 3.05) is 7.11 Å². The van der Waals surface area contributed by atoms with Gasteiger partial charge in [-0.1, -0.05) is 12.1 Å². The molecule has 2 aromatic rings. The first-order valence-electron chi connectivity index (χ1n) is 5.96. The average molecular weight is 404 g/mol. The van der Waals surface area contributed by atoms with Crippen molar-refractivity contribution in [2.24, 2.45) is 0 Å². The number of aliphatic hydroxyl groups excluding tert-OH is 1. The zero-order valence-corrected chi connectivity index (χ0v) is 13.9. The molecule has 0 spiro atoms. The van der Waals surface area contributed by atoms with Crippen molar-refractivity contribution in [3.05, 3.63) is 62.3 Å². The lowest BCUT2D eigenvalue weighted by Crippen LogP contribution is -2.02. The largest absolute Gasteiger partial charge is 0.496 e. The van der Waals surface area contributed by atoms with E-state index < -0.39 is 6.10 Å². The molecular formula is C15H13Br2FO2. The van der Waals surface area contributed by atoms with Crippen molar-refractivity contribution in [3.8, 4) is 5.75 Å². The Kier molecular flexibility index (Phi) is 5.18. The number of halogens is 3. The summed E-state index contributed by atoms with van der Waals surface area (Å²) >= 11 is 6.50. The number of rotatable bonds is 4. The van der Waals surface area contributed by atoms with E-state index in [0.717, 1.165) is 15.8 Å². The van der Waals surface area contributed by atoms with Crippen LogP contribution in [0.4, 0.5) is 4.39 Å². The Morgan fingerprint density at radius 1 is 1.15 bits per heavy atom. The summed E-state index contributed by atoms with van der Waals surface area (Å²) in [4.78, 5) is 0. The molecular weight excluding hydrogens is 391 g/mol. The molecule has 106 valence electrons. The second-order valence-electron chi connectivity index (χ2n) is 4.36. The summed E-state index contributed by atoms with van der Waals surface area (Å²) in [5.41, 5.74) is 1.49. The van der Waals surface area contributed by atoms with Crippen LogP contribution in [0.15, 0.2) is 45.3 Å². The molecule has 0 bridgehead atoms. The van der Waals surface area contributed by atoms with E-state index in [9.17, 15) is 9.50 Å². The molecule has 0 aromatic heterocycles. The smallest absolute Gasteiger partial charge is 0.137 e. The number of aliphatic hydroxyl groups is 1. The molecule has 0 amide bonds. The third kappa shape index (κ3) is 3.59. The van der Waals surface area contributed by atoms with E-state index in [1.807, 2.05) is 18.2 Å². The molecule has 5 heteroatoms. The first-order valence-corrected chi connectivity index (χ1v) is 7.55. The molecule has 0 aliphatic carbocycles. The Bertz CT molecular complexity index is 617. The molecule has 2 rings (SSSR count). The van der Waals surface area contributed by atoms with Crippen LogP contribution in [0.25, 0.3) is 0 Å². The summed E-state index contributed by atoms with van der Waals surface area (Å²) in [6.07, 6.45) is -0.346. The van der Waals surface area contributed by atoms with E-state index in [0.29, 0.717) is 16.5 Å². The maximum absolute atomic E-state index is 13.5. The maximum atomic E-state index is 13.5. The van der Waals surface area contributed by atoms with E-state index in [-0.39, 0.29) is 5.82 Å². The minimum Gasteiger partial charge on any atom is -0.496 e. The molecule has 20 heavy (non-hydrogen) atoms. The van der Waals surface area contributed by atoms with Crippen molar-refractivity contribution >= 4 is 31.9 Å². The predicted octanol–water partition coefficient (Wildman–Crippen LogP) is 4.64. The highest BCUT2D eigenvalue weighted by atomic mass is 79.9. The van der Waals surface area contributed by atoms with Gasteiger partial charge in [0.05, 0.1) is 22.2 Å². The van der Waals surface area contributed by atoms with Crippen molar-refractivity contribution < 1.29 is 14.2 Å². The van der Waals surface area contributed by atoms with Gasteiger partial charge in [0, 0.05) is 6.42 Å². The fraction of sp³-hybridized carbons (Fsp3) is 0.200. The van der Waals surface area contributed by atoms with Gasteiger partial charge >= 0.3 is 0 Å². The maximum Gasteiger partial charge on any atom is 0.137 e. The summed E-state index contributed by atoms with van der Waals surface area (Å²) in [7, 11) is 1.60. The van der Waals surface area contributed by atoms with Crippen LogP contribution in [0, 0.1) is 5.82 Å². The monoisotopic (exact) mass is 402 g/mol. The van der Waals surface area contributed by atoms with Crippen LogP contribution in [0.3, 0.4) is 0 Å². The number of methoxy groups -OCH3 is 1. The van der Waals surface area contributed by atoms with Crippen molar-refractivity contribution in [3.63, 3.8) is 0 Å².